The van der Waals surface area contributed by atoms with E-state index < -0.39 is 0 Å². The zero-order chi connectivity index (χ0) is 15.4. The van der Waals surface area contributed by atoms with Gasteiger partial charge in [-0.3, -0.25) is 9.59 Å². The lowest BCUT2D eigenvalue weighted by molar-refractivity contribution is -0.122. The molecule has 0 aliphatic heterocycles. The molecule has 1 amide bonds. The third-order valence-corrected chi connectivity index (χ3v) is 5.27. The summed E-state index contributed by atoms with van der Waals surface area (Å²) in [6.07, 6.45) is 5.15. The lowest BCUT2D eigenvalue weighted by Gasteiger charge is -2.26. The lowest BCUT2D eigenvalue weighted by Crippen LogP contribution is -2.37. The monoisotopic (exact) mass is 307 g/mol. The quantitative estimate of drug-likeness (QED) is 0.835. The Hall–Kier alpha value is -1.16. The normalized spacial score (nSPS) is 22.0. The van der Waals surface area contributed by atoms with E-state index in [1.807, 2.05) is 19.9 Å². The van der Waals surface area contributed by atoms with Crippen molar-refractivity contribution in [2.45, 2.75) is 65.3 Å². The highest BCUT2D eigenvalue weighted by Gasteiger charge is 2.20. The van der Waals surface area contributed by atoms with Gasteiger partial charge in [0.05, 0.1) is 0 Å². The predicted molar refractivity (Wildman–Crippen MR) is 86.9 cm³/mol. The van der Waals surface area contributed by atoms with E-state index in [9.17, 15) is 9.59 Å². The molecule has 1 N–H and O–H groups in total. The Morgan fingerprint density at radius 3 is 2.43 bits per heavy atom. The number of ketones is 1. The first-order valence-electron chi connectivity index (χ1n) is 7.85. The number of nitrogens with one attached hydrogen (secondary N) is 1. The van der Waals surface area contributed by atoms with Crippen LogP contribution >= 0.6 is 11.3 Å². The van der Waals surface area contributed by atoms with Crippen molar-refractivity contribution in [2.75, 3.05) is 0 Å². The molecule has 116 valence electrons. The molecule has 1 aromatic rings. The number of Topliss-reactive ketones (excluding diaryl/α,β-unsaturated/α-hetero) is 1. The minimum atomic E-state index is 0.0208. The first-order chi connectivity index (χ1) is 9.95. The van der Waals surface area contributed by atoms with Crippen molar-refractivity contribution in [1.29, 1.82) is 0 Å². The van der Waals surface area contributed by atoms with Crippen LogP contribution in [0.3, 0.4) is 0 Å². The summed E-state index contributed by atoms with van der Waals surface area (Å²) in [7, 11) is 0. The molecule has 1 aromatic heterocycles. The van der Waals surface area contributed by atoms with Crippen molar-refractivity contribution in [3.05, 3.63) is 21.4 Å². The van der Waals surface area contributed by atoms with Crippen LogP contribution in [0.4, 0.5) is 0 Å². The van der Waals surface area contributed by atoms with E-state index in [0.29, 0.717) is 18.9 Å². The Labute approximate surface area is 131 Å². The molecule has 1 fully saturated rings. The van der Waals surface area contributed by atoms with Crippen LogP contribution in [0.15, 0.2) is 6.07 Å². The second-order valence-corrected chi connectivity index (χ2v) is 7.73. The fourth-order valence-corrected chi connectivity index (χ4v) is 3.92. The van der Waals surface area contributed by atoms with Gasteiger partial charge < -0.3 is 5.32 Å². The van der Waals surface area contributed by atoms with Gasteiger partial charge in [-0.1, -0.05) is 6.92 Å². The number of carbonyl (C=O) groups excluding carboxylic acids is 2. The number of hydrogen-bond acceptors (Lipinski definition) is 3. The summed E-state index contributed by atoms with van der Waals surface area (Å²) in [5.41, 5.74) is 0.789. The third kappa shape index (κ3) is 4.67. The number of rotatable bonds is 5. The highest BCUT2D eigenvalue weighted by molar-refractivity contribution is 7.12. The molecule has 0 atom stereocenters. The first-order valence-corrected chi connectivity index (χ1v) is 8.67. The molecule has 21 heavy (non-hydrogen) atoms. The molecule has 0 radical (unpaired) electrons. The topological polar surface area (TPSA) is 46.2 Å². The molecule has 0 spiro atoms. The van der Waals surface area contributed by atoms with E-state index in [0.717, 1.165) is 34.1 Å². The van der Waals surface area contributed by atoms with E-state index in [1.54, 1.807) is 11.3 Å². The Bertz CT molecular complexity index is 513. The summed E-state index contributed by atoms with van der Waals surface area (Å²) < 4.78 is 0. The van der Waals surface area contributed by atoms with Gasteiger partial charge in [-0.2, -0.15) is 0 Å². The number of carbonyl (C=O) groups is 2. The van der Waals surface area contributed by atoms with Crippen LogP contribution in [0.2, 0.25) is 0 Å². The molecule has 0 bridgehead atoms. The first kappa shape index (κ1) is 16.2. The van der Waals surface area contributed by atoms with Crippen LogP contribution in [-0.2, 0) is 4.79 Å². The number of hydrogen-bond donors (Lipinski definition) is 1. The summed E-state index contributed by atoms with van der Waals surface area (Å²) in [6.45, 7) is 6.24. The van der Waals surface area contributed by atoms with Crippen molar-refractivity contribution in [3.63, 3.8) is 0 Å². The summed E-state index contributed by atoms with van der Waals surface area (Å²) in [4.78, 5) is 26.3. The van der Waals surface area contributed by atoms with E-state index in [2.05, 4.69) is 12.2 Å². The van der Waals surface area contributed by atoms with Crippen LogP contribution < -0.4 is 5.32 Å². The van der Waals surface area contributed by atoms with Gasteiger partial charge in [0.1, 0.15) is 0 Å². The molecule has 2 rings (SSSR count). The van der Waals surface area contributed by atoms with Gasteiger partial charge in [0.25, 0.3) is 0 Å². The number of thiophene rings is 1. The maximum absolute atomic E-state index is 12.1. The Balaban J connectivity index is 1.76. The SMILES string of the molecule is Cc1cc(C(=O)CCC(=O)NC2CCC(C)CC2)c(C)s1. The van der Waals surface area contributed by atoms with Gasteiger partial charge in [0.15, 0.2) is 5.78 Å². The summed E-state index contributed by atoms with van der Waals surface area (Å²) >= 11 is 1.64. The lowest BCUT2D eigenvalue weighted by atomic mass is 9.87. The van der Waals surface area contributed by atoms with Crippen LogP contribution in [0, 0.1) is 19.8 Å². The van der Waals surface area contributed by atoms with Gasteiger partial charge in [-0.25, -0.2) is 0 Å². The van der Waals surface area contributed by atoms with Gasteiger partial charge in [0.2, 0.25) is 5.91 Å². The molecule has 1 heterocycles. The summed E-state index contributed by atoms with van der Waals surface area (Å²) in [6, 6.07) is 2.25. The number of amides is 1. The van der Waals surface area contributed by atoms with Crippen molar-refractivity contribution < 1.29 is 9.59 Å². The molecule has 0 saturated heterocycles. The highest BCUT2D eigenvalue weighted by Crippen LogP contribution is 2.24. The zero-order valence-corrected chi connectivity index (χ0v) is 14.0. The van der Waals surface area contributed by atoms with Crippen molar-refractivity contribution in [2.24, 2.45) is 5.92 Å². The van der Waals surface area contributed by atoms with Crippen molar-refractivity contribution in [1.82, 2.24) is 5.32 Å². The van der Waals surface area contributed by atoms with Gasteiger partial charge in [0, 0.05) is 34.2 Å². The van der Waals surface area contributed by atoms with Crippen molar-refractivity contribution in [3.8, 4) is 0 Å². The van der Waals surface area contributed by atoms with Gasteiger partial charge in [-0.05, 0) is 51.5 Å². The van der Waals surface area contributed by atoms with Gasteiger partial charge >= 0.3 is 0 Å². The van der Waals surface area contributed by atoms with E-state index in [-0.39, 0.29) is 11.7 Å². The largest absolute Gasteiger partial charge is 0.353 e. The van der Waals surface area contributed by atoms with E-state index in [4.69, 9.17) is 0 Å². The second-order valence-electron chi connectivity index (χ2n) is 6.27. The molecule has 1 aliphatic rings. The Morgan fingerprint density at radius 1 is 1.19 bits per heavy atom. The molecule has 3 nitrogen and oxygen atoms in total. The predicted octanol–water partition coefficient (Wildman–Crippen LogP) is 4.02. The average Bonchev–Trinajstić information content (AvgIpc) is 2.78. The molecule has 1 aliphatic carbocycles. The highest BCUT2D eigenvalue weighted by atomic mass is 32.1. The Morgan fingerprint density at radius 2 is 1.86 bits per heavy atom. The average molecular weight is 307 g/mol. The minimum Gasteiger partial charge on any atom is -0.353 e. The van der Waals surface area contributed by atoms with E-state index >= 15 is 0 Å². The Kier molecular flexibility index (Phi) is 5.57. The van der Waals surface area contributed by atoms with Crippen LogP contribution in [0.1, 0.15) is 65.6 Å². The van der Waals surface area contributed by atoms with Crippen LogP contribution in [-0.4, -0.2) is 17.7 Å². The van der Waals surface area contributed by atoms with Crippen molar-refractivity contribution >= 4 is 23.0 Å². The maximum Gasteiger partial charge on any atom is 0.220 e. The molecule has 0 unspecified atom stereocenters. The fourth-order valence-electron chi connectivity index (χ4n) is 2.97. The minimum absolute atomic E-state index is 0.0208. The van der Waals surface area contributed by atoms with Gasteiger partial charge in [-0.15, -0.1) is 11.3 Å². The standard InChI is InChI=1S/C17H25NO2S/c1-11-4-6-14(7-5-11)18-17(20)9-8-16(19)15-10-12(2)21-13(15)3/h10-11,14H,4-9H2,1-3H3,(H,18,20). The third-order valence-electron chi connectivity index (χ3n) is 4.30. The second kappa shape index (κ2) is 7.21. The molecule has 4 heteroatoms. The van der Waals surface area contributed by atoms with Crippen LogP contribution in [0.25, 0.3) is 0 Å². The fraction of sp³-hybridized carbons (Fsp3) is 0.647. The number of aryl methyl sites for hydroxylation is 2. The zero-order valence-electron chi connectivity index (χ0n) is 13.2. The van der Waals surface area contributed by atoms with E-state index in [1.165, 1.54) is 12.8 Å². The van der Waals surface area contributed by atoms with Crippen LogP contribution in [0.5, 0.6) is 0 Å². The smallest absolute Gasteiger partial charge is 0.220 e. The maximum atomic E-state index is 12.1. The molecule has 0 aromatic carbocycles. The molecular formula is C17H25NO2S. The summed E-state index contributed by atoms with van der Waals surface area (Å²) in [5, 5.41) is 3.08. The summed E-state index contributed by atoms with van der Waals surface area (Å²) in [5.74, 6) is 0.890. The molecule has 1 saturated carbocycles. The molecular weight excluding hydrogens is 282 g/mol.